The van der Waals surface area contributed by atoms with Gasteiger partial charge in [0.25, 0.3) is 11.8 Å². The van der Waals surface area contributed by atoms with Crippen LogP contribution in [0.25, 0.3) is 0 Å². The van der Waals surface area contributed by atoms with Crippen LogP contribution in [-0.2, 0) is 24.0 Å². The molecule has 0 aromatic heterocycles. The van der Waals surface area contributed by atoms with E-state index in [1.165, 1.54) is 4.90 Å². The Kier molecular flexibility index (Phi) is 6.71. The smallest absolute Gasteiger partial charge is 0.330 e. The van der Waals surface area contributed by atoms with Crippen molar-refractivity contribution in [3.8, 4) is 0 Å². The first-order chi connectivity index (χ1) is 12.7. The molecule has 0 aliphatic carbocycles. The number of imide groups is 1. The van der Waals surface area contributed by atoms with Gasteiger partial charge in [-0.15, -0.1) is 5.06 Å². The van der Waals surface area contributed by atoms with Crippen LogP contribution in [0, 0.1) is 18.8 Å². The van der Waals surface area contributed by atoms with Crippen LogP contribution in [0.4, 0.5) is 5.69 Å². The molecule has 7 nitrogen and oxygen atoms in total. The highest BCUT2D eigenvalue weighted by Gasteiger charge is 2.36. The zero-order valence-electron chi connectivity index (χ0n) is 16.2. The van der Waals surface area contributed by atoms with Crippen molar-refractivity contribution >= 4 is 29.4 Å². The van der Waals surface area contributed by atoms with Crippen molar-refractivity contribution in [3.05, 3.63) is 29.8 Å². The molecule has 7 heteroatoms. The molecule has 1 aromatic carbocycles. The van der Waals surface area contributed by atoms with Gasteiger partial charge in [0, 0.05) is 32.0 Å². The number of amides is 3. The Morgan fingerprint density at radius 3 is 2.30 bits per heavy atom. The molecule has 1 aliphatic heterocycles. The van der Waals surface area contributed by atoms with Crippen LogP contribution in [0.15, 0.2) is 24.3 Å². The molecular formula is C20H26N2O5. The maximum atomic E-state index is 12.7. The number of hydroxylamine groups is 2. The summed E-state index contributed by atoms with van der Waals surface area (Å²) in [4.78, 5) is 55.2. The minimum Gasteiger partial charge on any atom is -0.330 e. The molecule has 1 atom stereocenters. The topological polar surface area (TPSA) is 84.0 Å². The SMILES string of the molecule is Cc1ccccc1N(C)C(=O)C[C@@H](CC(C)C)C(=O)ON1C(=O)CCC1=O. The minimum atomic E-state index is -0.731. The molecular weight excluding hydrogens is 348 g/mol. The molecule has 1 heterocycles. The molecule has 0 bridgehead atoms. The molecule has 1 aliphatic rings. The lowest BCUT2D eigenvalue weighted by Gasteiger charge is -2.24. The second-order valence-corrected chi connectivity index (χ2v) is 7.26. The molecule has 3 amide bonds. The molecule has 146 valence electrons. The number of hydrogen-bond donors (Lipinski definition) is 0. The zero-order valence-corrected chi connectivity index (χ0v) is 16.2. The van der Waals surface area contributed by atoms with E-state index in [2.05, 4.69) is 0 Å². The Morgan fingerprint density at radius 2 is 1.74 bits per heavy atom. The maximum absolute atomic E-state index is 12.7. The molecule has 1 fully saturated rings. The molecule has 2 rings (SSSR count). The highest BCUT2D eigenvalue weighted by molar-refractivity contribution is 6.02. The summed E-state index contributed by atoms with van der Waals surface area (Å²) in [6, 6.07) is 7.48. The normalized spacial score (nSPS) is 15.2. The van der Waals surface area contributed by atoms with Crippen molar-refractivity contribution in [3.63, 3.8) is 0 Å². The Bertz CT molecular complexity index is 728. The monoisotopic (exact) mass is 374 g/mol. The van der Waals surface area contributed by atoms with Gasteiger partial charge in [0.2, 0.25) is 5.91 Å². The number of carbonyl (C=O) groups excluding carboxylic acids is 4. The molecule has 0 radical (unpaired) electrons. The van der Waals surface area contributed by atoms with Crippen molar-refractivity contribution in [1.29, 1.82) is 0 Å². The molecule has 1 saturated heterocycles. The van der Waals surface area contributed by atoms with Gasteiger partial charge in [0.05, 0.1) is 5.92 Å². The zero-order chi connectivity index (χ0) is 20.1. The van der Waals surface area contributed by atoms with Gasteiger partial charge in [-0.2, -0.15) is 0 Å². The Balaban J connectivity index is 2.10. The third-order valence-electron chi connectivity index (χ3n) is 4.55. The van der Waals surface area contributed by atoms with Gasteiger partial charge in [-0.25, -0.2) is 4.79 Å². The van der Waals surface area contributed by atoms with Gasteiger partial charge in [0.15, 0.2) is 0 Å². The summed E-state index contributed by atoms with van der Waals surface area (Å²) in [5, 5.41) is 0.533. The summed E-state index contributed by atoms with van der Waals surface area (Å²) in [5.41, 5.74) is 1.72. The number of carbonyl (C=O) groups is 4. The standard InChI is InChI=1S/C20H26N2O5/c1-13(2)11-15(20(26)27-22-17(23)9-10-18(22)24)12-19(25)21(4)16-8-6-5-7-14(16)3/h5-8,13,15H,9-12H2,1-4H3/t15-/m1/s1. The van der Waals surface area contributed by atoms with Gasteiger partial charge >= 0.3 is 5.97 Å². The number of hydrogen-bond acceptors (Lipinski definition) is 5. The summed E-state index contributed by atoms with van der Waals surface area (Å²) in [5.74, 6) is -2.60. The molecule has 0 spiro atoms. The quantitative estimate of drug-likeness (QED) is 0.685. The first kappa shape index (κ1) is 20.6. The number of nitrogens with zero attached hydrogens (tertiary/aromatic N) is 2. The lowest BCUT2D eigenvalue weighted by Crippen LogP contribution is -2.37. The molecule has 0 unspecified atom stereocenters. The Morgan fingerprint density at radius 1 is 1.15 bits per heavy atom. The number of anilines is 1. The van der Waals surface area contributed by atoms with Gasteiger partial charge in [0.1, 0.15) is 0 Å². The van der Waals surface area contributed by atoms with Gasteiger partial charge in [-0.3, -0.25) is 14.4 Å². The van der Waals surface area contributed by atoms with Gasteiger partial charge < -0.3 is 9.74 Å². The van der Waals surface area contributed by atoms with E-state index in [0.29, 0.717) is 11.5 Å². The first-order valence-corrected chi connectivity index (χ1v) is 9.10. The predicted molar refractivity (Wildman–Crippen MR) is 99.3 cm³/mol. The lowest BCUT2D eigenvalue weighted by molar-refractivity contribution is -0.201. The molecule has 0 N–H and O–H groups in total. The summed E-state index contributed by atoms with van der Waals surface area (Å²) >= 11 is 0. The number of benzene rings is 1. The lowest BCUT2D eigenvalue weighted by atomic mass is 9.93. The Labute approximate surface area is 159 Å². The van der Waals surface area contributed by atoms with Crippen LogP contribution < -0.4 is 4.90 Å². The summed E-state index contributed by atoms with van der Waals surface area (Å²) < 4.78 is 0. The first-order valence-electron chi connectivity index (χ1n) is 9.10. The molecule has 1 aromatic rings. The van der Waals surface area contributed by atoms with Crippen LogP contribution in [0.5, 0.6) is 0 Å². The van der Waals surface area contributed by atoms with E-state index < -0.39 is 23.7 Å². The summed E-state index contributed by atoms with van der Waals surface area (Å²) in [6.45, 7) is 5.77. The van der Waals surface area contributed by atoms with E-state index in [4.69, 9.17) is 4.84 Å². The average molecular weight is 374 g/mol. The number of aryl methyl sites for hydroxylation is 1. The predicted octanol–water partition coefficient (Wildman–Crippen LogP) is 2.62. The highest BCUT2D eigenvalue weighted by atomic mass is 16.7. The van der Waals surface area contributed by atoms with Crippen molar-refractivity contribution in [1.82, 2.24) is 5.06 Å². The van der Waals surface area contributed by atoms with Gasteiger partial charge in [-0.1, -0.05) is 32.0 Å². The second kappa shape index (κ2) is 8.79. The van der Waals surface area contributed by atoms with E-state index in [-0.39, 0.29) is 31.1 Å². The van der Waals surface area contributed by atoms with Crippen molar-refractivity contribution < 1.29 is 24.0 Å². The van der Waals surface area contributed by atoms with Crippen LogP contribution in [0.3, 0.4) is 0 Å². The maximum Gasteiger partial charge on any atom is 0.336 e. The van der Waals surface area contributed by atoms with E-state index in [0.717, 1.165) is 11.3 Å². The average Bonchev–Trinajstić information content (AvgIpc) is 2.92. The van der Waals surface area contributed by atoms with Crippen molar-refractivity contribution in [2.24, 2.45) is 11.8 Å². The van der Waals surface area contributed by atoms with E-state index in [1.807, 2.05) is 45.0 Å². The van der Waals surface area contributed by atoms with E-state index >= 15 is 0 Å². The Hall–Kier alpha value is -2.70. The summed E-state index contributed by atoms with van der Waals surface area (Å²) in [7, 11) is 1.66. The van der Waals surface area contributed by atoms with E-state index in [9.17, 15) is 19.2 Å². The largest absolute Gasteiger partial charge is 0.336 e. The number of rotatable bonds is 7. The minimum absolute atomic E-state index is 0.0376. The fourth-order valence-corrected chi connectivity index (χ4v) is 3.08. The highest BCUT2D eigenvalue weighted by Crippen LogP contribution is 2.24. The summed E-state index contributed by atoms with van der Waals surface area (Å²) in [6.07, 6.45) is 0.437. The van der Waals surface area contributed by atoms with Gasteiger partial charge in [-0.05, 0) is 30.9 Å². The fraction of sp³-hybridized carbons (Fsp3) is 0.500. The van der Waals surface area contributed by atoms with E-state index in [1.54, 1.807) is 7.05 Å². The molecule has 0 saturated carbocycles. The third-order valence-corrected chi connectivity index (χ3v) is 4.55. The van der Waals surface area contributed by atoms with Crippen LogP contribution >= 0.6 is 0 Å². The third kappa shape index (κ3) is 5.15. The van der Waals surface area contributed by atoms with Crippen LogP contribution in [0.2, 0.25) is 0 Å². The van der Waals surface area contributed by atoms with Crippen LogP contribution in [-0.4, -0.2) is 35.8 Å². The van der Waals surface area contributed by atoms with Crippen LogP contribution in [0.1, 0.15) is 45.1 Å². The van der Waals surface area contributed by atoms with Crippen molar-refractivity contribution in [2.75, 3.05) is 11.9 Å². The second-order valence-electron chi connectivity index (χ2n) is 7.26. The number of para-hydroxylation sites is 1. The fourth-order valence-electron chi connectivity index (χ4n) is 3.08. The molecule has 27 heavy (non-hydrogen) atoms. The van der Waals surface area contributed by atoms with Crippen molar-refractivity contribution in [2.45, 2.75) is 46.5 Å².